The molecule has 0 bridgehead atoms. The van der Waals surface area contributed by atoms with Gasteiger partial charge in [-0.1, -0.05) is 6.08 Å². The van der Waals surface area contributed by atoms with E-state index in [1.807, 2.05) is 0 Å². The lowest BCUT2D eigenvalue weighted by Crippen LogP contribution is -2.18. The first-order chi connectivity index (χ1) is 19.9. The number of allylic oxidation sites excluding steroid dienone is 1. The first-order valence-corrected chi connectivity index (χ1v) is 12.4. The average Bonchev–Trinajstić information content (AvgIpc) is 2.98. The van der Waals surface area contributed by atoms with Crippen molar-refractivity contribution in [1.29, 1.82) is 0 Å². The first kappa shape index (κ1) is 28.8. The summed E-state index contributed by atoms with van der Waals surface area (Å²) in [4.78, 5) is 24.4. The normalized spacial score (nSPS) is 13.2. The topological polar surface area (TPSA) is 152 Å². The van der Waals surface area contributed by atoms with Crippen molar-refractivity contribution in [2.24, 2.45) is 15.3 Å². The number of azo groups is 1. The van der Waals surface area contributed by atoms with Crippen LogP contribution in [0.5, 0.6) is 23.0 Å². The van der Waals surface area contributed by atoms with Crippen molar-refractivity contribution in [3.63, 3.8) is 0 Å². The van der Waals surface area contributed by atoms with Crippen LogP contribution in [0.15, 0.2) is 69.9 Å². The number of aliphatic hydroxyl groups is 1. The fourth-order valence-corrected chi connectivity index (χ4v) is 3.91. The van der Waals surface area contributed by atoms with Gasteiger partial charge in [-0.25, -0.2) is 0 Å². The van der Waals surface area contributed by atoms with Crippen LogP contribution in [-0.4, -0.2) is 57.1 Å². The highest BCUT2D eigenvalue weighted by Crippen LogP contribution is 2.40. The van der Waals surface area contributed by atoms with Crippen molar-refractivity contribution in [2.45, 2.75) is 6.92 Å². The lowest BCUT2D eigenvalue weighted by molar-refractivity contribution is -0.114. The van der Waals surface area contributed by atoms with Gasteiger partial charge in [0.1, 0.15) is 46.6 Å². The summed E-state index contributed by atoms with van der Waals surface area (Å²) in [5, 5.41) is 24.7. The third-order valence-corrected chi connectivity index (χ3v) is 5.85. The lowest BCUT2D eigenvalue weighted by Gasteiger charge is -2.15. The number of fused-ring (bicyclic) bond motifs is 1. The van der Waals surface area contributed by atoms with E-state index < -0.39 is 0 Å². The largest absolute Gasteiger partial charge is 0.497 e. The van der Waals surface area contributed by atoms with Gasteiger partial charge < -0.3 is 29.4 Å². The number of benzene rings is 3. The van der Waals surface area contributed by atoms with Crippen molar-refractivity contribution in [2.75, 3.05) is 45.3 Å². The minimum absolute atomic E-state index is 0.0804. The van der Waals surface area contributed by atoms with Crippen LogP contribution < -0.4 is 29.7 Å². The Morgan fingerprint density at radius 1 is 0.878 bits per heavy atom. The minimum atomic E-state index is -0.278. The van der Waals surface area contributed by atoms with Crippen molar-refractivity contribution in [3.8, 4) is 23.0 Å². The summed E-state index contributed by atoms with van der Waals surface area (Å²) in [7, 11) is 4.51. The fourth-order valence-electron chi connectivity index (χ4n) is 3.91. The number of hydrazone groups is 1. The molecular weight excluding hydrogens is 530 g/mol. The van der Waals surface area contributed by atoms with E-state index in [2.05, 4.69) is 26.1 Å². The molecule has 0 aromatic heterocycles. The number of hydrogen-bond donors (Lipinski definition) is 3. The number of carbonyl (C=O) groups excluding carboxylic acids is 2. The Bertz CT molecular complexity index is 1550. The van der Waals surface area contributed by atoms with Crippen LogP contribution in [0.3, 0.4) is 0 Å². The van der Waals surface area contributed by atoms with Gasteiger partial charge in [-0.15, -0.1) is 10.2 Å². The van der Waals surface area contributed by atoms with Crippen LogP contribution in [0.1, 0.15) is 22.8 Å². The van der Waals surface area contributed by atoms with E-state index in [1.54, 1.807) is 60.7 Å². The third-order valence-electron chi connectivity index (χ3n) is 5.85. The second-order valence-corrected chi connectivity index (χ2v) is 8.58. The molecule has 3 aromatic rings. The second-order valence-electron chi connectivity index (χ2n) is 8.58. The van der Waals surface area contributed by atoms with Crippen LogP contribution in [0, 0.1) is 0 Å². The van der Waals surface area contributed by atoms with Crippen LogP contribution in [-0.2, 0) is 4.79 Å². The molecule has 212 valence electrons. The predicted octanol–water partition coefficient (Wildman–Crippen LogP) is 5.13. The number of rotatable bonds is 11. The van der Waals surface area contributed by atoms with Crippen LogP contribution in [0.25, 0.3) is 6.08 Å². The smallest absolute Gasteiger partial charge is 0.221 e. The zero-order chi connectivity index (χ0) is 29.4. The quantitative estimate of drug-likeness (QED) is 0.216. The number of carbonyl (C=O) groups is 2. The van der Waals surface area contributed by atoms with Crippen molar-refractivity contribution in [3.05, 3.63) is 65.7 Å². The SMILES string of the molecule is COc1ccc(/N=N/c2cc(OC)c(N/N=C3/C=Cc4cc(NC(C)=O)ccc4C3=O)cc2OC)c(OCCO)c1. The summed E-state index contributed by atoms with van der Waals surface area (Å²) < 4.78 is 21.8. The number of anilines is 2. The van der Waals surface area contributed by atoms with Gasteiger partial charge in [-0.3, -0.25) is 15.0 Å². The molecule has 0 unspecified atom stereocenters. The second kappa shape index (κ2) is 13.2. The van der Waals surface area contributed by atoms with Crippen molar-refractivity contribution < 1.29 is 33.6 Å². The highest BCUT2D eigenvalue weighted by molar-refractivity contribution is 6.52. The van der Waals surface area contributed by atoms with Gasteiger partial charge in [-0.2, -0.15) is 5.10 Å². The summed E-state index contributed by atoms with van der Waals surface area (Å²) in [5.41, 5.74) is 6.01. The molecule has 0 radical (unpaired) electrons. The third kappa shape index (κ3) is 6.86. The van der Waals surface area contributed by atoms with Crippen molar-refractivity contribution >= 4 is 46.2 Å². The maximum atomic E-state index is 13.0. The van der Waals surface area contributed by atoms with Crippen molar-refractivity contribution in [1.82, 2.24) is 0 Å². The molecule has 0 heterocycles. The van der Waals surface area contributed by atoms with Crippen LogP contribution in [0.2, 0.25) is 0 Å². The zero-order valence-corrected chi connectivity index (χ0v) is 22.9. The Kier molecular flexibility index (Phi) is 9.28. The molecule has 4 rings (SSSR count). The number of ketones is 1. The van der Waals surface area contributed by atoms with Gasteiger partial charge in [0.25, 0.3) is 0 Å². The molecule has 0 atom stereocenters. The van der Waals surface area contributed by atoms with Gasteiger partial charge >= 0.3 is 0 Å². The molecule has 41 heavy (non-hydrogen) atoms. The molecule has 0 fully saturated rings. The number of nitrogens with zero attached hydrogens (tertiary/aromatic N) is 3. The Morgan fingerprint density at radius 2 is 1.66 bits per heavy atom. The zero-order valence-electron chi connectivity index (χ0n) is 22.9. The molecule has 12 nitrogen and oxygen atoms in total. The van der Waals surface area contributed by atoms with Crippen LogP contribution in [0.4, 0.5) is 22.7 Å². The molecule has 12 heteroatoms. The Morgan fingerprint density at radius 3 is 2.37 bits per heavy atom. The van der Waals surface area contributed by atoms with E-state index in [4.69, 9.17) is 24.1 Å². The summed E-state index contributed by atoms with van der Waals surface area (Å²) in [5.74, 6) is 1.22. The number of amides is 1. The molecule has 0 spiro atoms. The first-order valence-electron chi connectivity index (χ1n) is 12.4. The molecule has 0 saturated heterocycles. The number of ether oxygens (including phenoxy) is 4. The molecule has 1 aliphatic carbocycles. The van der Waals surface area contributed by atoms with E-state index in [-0.39, 0.29) is 30.6 Å². The highest BCUT2D eigenvalue weighted by Gasteiger charge is 2.20. The molecule has 0 saturated carbocycles. The lowest BCUT2D eigenvalue weighted by atomic mass is 9.94. The van der Waals surface area contributed by atoms with E-state index in [0.29, 0.717) is 56.9 Å². The number of aliphatic hydroxyl groups excluding tert-OH is 1. The van der Waals surface area contributed by atoms with Gasteiger partial charge in [0.15, 0.2) is 5.75 Å². The molecule has 1 amide bonds. The number of nitrogens with one attached hydrogen (secondary N) is 2. The number of Topliss-reactive ketones (excluding diaryl/α,β-unsaturated/α-hetero) is 1. The maximum Gasteiger partial charge on any atom is 0.221 e. The van der Waals surface area contributed by atoms with Crippen LogP contribution >= 0.6 is 0 Å². The van der Waals surface area contributed by atoms with Gasteiger partial charge in [-0.05, 0) is 42.0 Å². The predicted molar refractivity (Wildman–Crippen MR) is 154 cm³/mol. The summed E-state index contributed by atoms with van der Waals surface area (Å²) in [6, 6.07) is 13.3. The molecule has 3 aromatic carbocycles. The highest BCUT2D eigenvalue weighted by atomic mass is 16.5. The summed E-state index contributed by atoms with van der Waals surface area (Å²) in [6.45, 7) is 1.34. The average molecular weight is 560 g/mol. The fraction of sp³-hybridized carbons (Fsp3) is 0.207. The molecular formula is C29H29N5O7. The Balaban J connectivity index is 1.58. The number of methoxy groups -OCH3 is 3. The van der Waals surface area contributed by atoms with E-state index in [0.717, 1.165) is 0 Å². The summed E-state index contributed by atoms with van der Waals surface area (Å²) in [6.07, 6.45) is 3.34. The van der Waals surface area contributed by atoms with Gasteiger partial charge in [0.2, 0.25) is 11.7 Å². The summed E-state index contributed by atoms with van der Waals surface area (Å²) >= 11 is 0. The van der Waals surface area contributed by atoms with Gasteiger partial charge in [0.05, 0.1) is 27.9 Å². The van der Waals surface area contributed by atoms with E-state index >= 15 is 0 Å². The number of hydrogen-bond acceptors (Lipinski definition) is 11. The Labute approximate surface area is 236 Å². The molecule has 1 aliphatic rings. The van der Waals surface area contributed by atoms with E-state index in [9.17, 15) is 9.59 Å². The molecule has 0 aliphatic heterocycles. The van der Waals surface area contributed by atoms with E-state index in [1.165, 1.54) is 28.3 Å². The maximum absolute atomic E-state index is 13.0. The van der Waals surface area contributed by atoms with Gasteiger partial charge in [0, 0.05) is 36.4 Å². The molecule has 3 N–H and O–H groups in total. The Hall–Kier alpha value is -5.23. The standard InChI is InChI=1S/C29H29N5O7/c1-17(36)30-19-6-8-21-18(13-19)5-9-23(29(21)37)32-34-25-16-26(39-3)24(15-27(25)40-4)33-31-22-10-7-20(38-2)14-28(22)41-12-11-35/h5-10,13-16,34-35H,11-12H2,1-4H3,(H,30,36)/b32-23-,33-31+. The monoisotopic (exact) mass is 559 g/mol. The minimum Gasteiger partial charge on any atom is -0.497 e.